The lowest BCUT2D eigenvalue weighted by atomic mass is 9.99. The average molecular weight is 452 g/mol. The molecule has 2 aliphatic rings. The van der Waals surface area contributed by atoms with E-state index >= 15 is 0 Å². The first kappa shape index (κ1) is 20.7. The van der Waals surface area contributed by atoms with E-state index in [0.29, 0.717) is 24.7 Å². The molecule has 5 heterocycles. The number of fused-ring (bicyclic) bond motifs is 1. The lowest BCUT2D eigenvalue weighted by molar-refractivity contribution is 0.586. The molecule has 0 saturated carbocycles. The van der Waals surface area contributed by atoms with Crippen LogP contribution in [0.1, 0.15) is 29.9 Å². The Labute approximate surface area is 187 Å². The van der Waals surface area contributed by atoms with Gasteiger partial charge in [-0.3, -0.25) is 0 Å². The number of sulfone groups is 1. The van der Waals surface area contributed by atoms with Crippen LogP contribution in [0.2, 0.25) is 0 Å². The van der Waals surface area contributed by atoms with Gasteiger partial charge in [0.25, 0.3) is 0 Å². The zero-order valence-electron chi connectivity index (χ0n) is 18.1. The summed E-state index contributed by atoms with van der Waals surface area (Å²) in [6.07, 6.45) is 6.02. The summed E-state index contributed by atoms with van der Waals surface area (Å²) in [5, 5.41) is 0. The molecule has 1 atom stereocenters. The van der Waals surface area contributed by atoms with Gasteiger partial charge in [-0.05, 0) is 26.0 Å². The number of anilines is 2. The average Bonchev–Trinajstić information content (AvgIpc) is 2.79. The second-order valence-electron chi connectivity index (χ2n) is 8.25. The predicted molar refractivity (Wildman–Crippen MR) is 122 cm³/mol. The van der Waals surface area contributed by atoms with Gasteiger partial charge in [-0.25, -0.2) is 33.3 Å². The molecule has 0 N–H and O–H groups in total. The van der Waals surface area contributed by atoms with Crippen molar-refractivity contribution in [3.63, 3.8) is 0 Å². The van der Waals surface area contributed by atoms with Gasteiger partial charge in [0, 0.05) is 67.7 Å². The Morgan fingerprint density at radius 3 is 2.47 bits per heavy atom. The molecule has 0 amide bonds. The molecule has 9 nitrogen and oxygen atoms in total. The van der Waals surface area contributed by atoms with Crippen LogP contribution in [0.4, 0.5) is 11.5 Å². The van der Waals surface area contributed by atoms with Gasteiger partial charge in [0.1, 0.15) is 5.82 Å². The number of rotatable bonds is 3. The maximum absolute atomic E-state index is 11.8. The molecule has 1 unspecified atom stereocenters. The maximum Gasteiger partial charge on any atom is 0.197 e. The summed E-state index contributed by atoms with van der Waals surface area (Å²) >= 11 is 0. The summed E-state index contributed by atoms with van der Waals surface area (Å²) in [4.78, 5) is 26.9. The highest BCUT2D eigenvalue weighted by atomic mass is 32.2. The number of hydrogen-bond donors (Lipinski definition) is 0. The topological polar surface area (TPSA) is 105 Å². The van der Waals surface area contributed by atoms with E-state index in [-0.39, 0.29) is 17.5 Å². The summed E-state index contributed by atoms with van der Waals surface area (Å²) in [7, 11) is -2.92. The first-order valence-corrected chi connectivity index (χ1v) is 12.6. The fraction of sp³-hybridized carbons (Fsp3) is 0.409. The minimum Gasteiger partial charge on any atom is -0.369 e. The molecule has 166 valence electrons. The molecule has 0 radical (unpaired) electrons. The van der Waals surface area contributed by atoms with Gasteiger partial charge in [0.2, 0.25) is 0 Å². The van der Waals surface area contributed by atoms with Gasteiger partial charge in [0.05, 0.1) is 23.2 Å². The highest BCUT2D eigenvalue weighted by Gasteiger charge is 2.28. The zero-order valence-corrected chi connectivity index (χ0v) is 19.0. The van der Waals surface area contributed by atoms with Crippen molar-refractivity contribution in [1.82, 2.24) is 24.9 Å². The van der Waals surface area contributed by atoms with Gasteiger partial charge < -0.3 is 9.80 Å². The van der Waals surface area contributed by atoms with Crippen LogP contribution >= 0.6 is 0 Å². The lowest BCUT2D eigenvalue weighted by Gasteiger charge is -2.36. The van der Waals surface area contributed by atoms with E-state index in [9.17, 15) is 8.42 Å². The molecule has 1 fully saturated rings. The smallest absolute Gasteiger partial charge is 0.197 e. The van der Waals surface area contributed by atoms with Crippen LogP contribution < -0.4 is 9.80 Å². The van der Waals surface area contributed by atoms with Gasteiger partial charge in [-0.1, -0.05) is 0 Å². The van der Waals surface area contributed by atoms with Crippen LogP contribution in [0.3, 0.4) is 0 Å². The van der Waals surface area contributed by atoms with Gasteiger partial charge in [-0.15, -0.1) is 0 Å². The molecule has 1 saturated heterocycles. The highest BCUT2D eigenvalue weighted by Crippen LogP contribution is 2.34. The minimum atomic E-state index is -2.92. The summed E-state index contributed by atoms with van der Waals surface area (Å²) in [5.74, 6) is 2.35. The van der Waals surface area contributed by atoms with Crippen molar-refractivity contribution in [2.24, 2.45) is 0 Å². The molecule has 3 aromatic rings. The number of pyridine rings is 1. The number of aryl methyl sites for hydroxylation is 1. The lowest BCUT2D eigenvalue weighted by Crippen LogP contribution is -2.40. The molecule has 32 heavy (non-hydrogen) atoms. The van der Waals surface area contributed by atoms with E-state index in [0.717, 1.165) is 41.4 Å². The SMILES string of the molecule is Cc1cc(N2CCS(=O)(=O)CC2)cc(N2CCc3nc(-c4ncccn4)ncc3C2C)n1. The summed E-state index contributed by atoms with van der Waals surface area (Å²) in [6.45, 7) is 5.93. The molecule has 2 aliphatic heterocycles. The fourth-order valence-electron chi connectivity index (χ4n) is 4.33. The third-order valence-corrected chi connectivity index (χ3v) is 7.71. The van der Waals surface area contributed by atoms with E-state index in [1.54, 1.807) is 18.5 Å². The van der Waals surface area contributed by atoms with Crippen LogP contribution in [0.15, 0.2) is 36.8 Å². The highest BCUT2D eigenvalue weighted by molar-refractivity contribution is 7.91. The Balaban J connectivity index is 1.42. The first-order chi connectivity index (χ1) is 15.4. The van der Waals surface area contributed by atoms with E-state index < -0.39 is 9.84 Å². The molecule has 10 heteroatoms. The molecule has 0 spiro atoms. The van der Waals surface area contributed by atoms with Crippen LogP contribution in [0.5, 0.6) is 0 Å². The largest absolute Gasteiger partial charge is 0.369 e. The van der Waals surface area contributed by atoms with Gasteiger partial charge in [0.15, 0.2) is 21.5 Å². The predicted octanol–water partition coefficient (Wildman–Crippen LogP) is 2.00. The maximum atomic E-state index is 11.8. The van der Waals surface area contributed by atoms with Gasteiger partial charge >= 0.3 is 0 Å². The van der Waals surface area contributed by atoms with Crippen molar-refractivity contribution in [3.05, 3.63) is 53.7 Å². The zero-order chi connectivity index (χ0) is 22.3. The van der Waals surface area contributed by atoms with Crippen LogP contribution in [-0.2, 0) is 16.3 Å². The first-order valence-electron chi connectivity index (χ1n) is 10.7. The van der Waals surface area contributed by atoms with Crippen molar-refractivity contribution in [3.8, 4) is 11.6 Å². The van der Waals surface area contributed by atoms with Gasteiger partial charge in [-0.2, -0.15) is 0 Å². The normalized spacial score (nSPS) is 20.1. The summed E-state index contributed by atoms with van der Waals surface area (Å²) in [5.41, 5.74) is 4.02. The summed E-state index contributed by atoms with van der Waals surface area (Å²) in [6, 6.07) is 5.93. The van der Waals surface area contributed by atoms with Crippen molar-refractivity contribution in [2.45, 2.75) is 26.3 Å². The molecule has 0 aliphatic carbocycles. The Morgan fingerprint density at radius 2 is 1.72 bits per heavy atom. The van der Waals surface area contributed by atoms with Crippen molar-refractivity contribution >= 4 is 21.3 Å². The van der Waals surface area contributed by atoms with Crippen molar-refractivity contribution in [2.75, 3.05) is 40.9 Å². The standard InChI is InChI=1S/C22H25N7O2S/c1-15-12-17(28-8-10-32(30,31)11-9-28)13-20(26-15)29-7-4-19-18(16(29)2)14-25-22(27-19)21-23-5-3-6-24-21/h3,5-6,12-14,16H,4,7-11H2,1-2H3. The van der Waals surface area contributed by atoms with Crippen molar-refractivity contribution < 1.29 is 8.42 Å². The second-order valence-corrected chi connectivity index (χ2v) is 10.6. The minimum absolute atomic E-state index is 0.0633. The third-order valence-electron chi connectivity index (χ3n) is 6.10. The molecule has 0 bridgehead atoms. The van der Waals surface area contributed by atoms with Crippen molar-refractivity contribution in [1.29, 1.82) is 0 Å². The second kappa shape index (κ2) is 8.09. The number of hydrogen-bond acceptors (Lipinski definition) is 9. The van der Waals surface area contributed by atoms with E-state index in [1.807, 2.05) is 19.2 Å². The number of aromatic nitrogens is 5. The van der Waals surface area contributed by atoms with Crippen LogP contribution in [0, 0.1) is 6.92 Å². The van der Waals surface area contributed by atoms with Crippen LogP contribution in [-0.4, -0.2) is 64.5 Å². The third kappa shape index (κ3) is 4.02. The molecular weight excluding hydrogens is 426 g/mol. The Morgan fingerprint density at radius 1 is 0.969 bits per heavy atom. The molecule has 3 aromatic heterocycles. The summed E-state index contributed by atoms with van der Waals surface area (Å²) < 4.78 is 23.6. The molecule has 0 aromatic carbocycles. The van der Waals surface area contributed by atoms with E-state index in [1.165, 1.54) is 0 Å². The fourth-order valence-corrected chi connectivity index (χ4v) is 5.53. The Hall–Kier alpha value is -3.14. The molecule has 5 rings (SSSR count). The molecular formula is C22H25N7O2S. The number of nitrogens with zero attached hydrogens (tertiary/aromatic N) is 7. The monoisotopic (exact) mass is 451 g/mol. The Bertz CT molecular complexity index is 1240. The van der Waals surface area contributed by atoms with Crippen LogP contribution in [0.25, 0.3) is 11.6 Å². The Kier molecular flexibility index (Phi) is 5.24. The van der Waals surface area contributed by atoms with E-state index in [2.05, 4.69) is 37.7 Å². The quantitative estimate of drug-likeness (QED) is 0.591. The van der Waals surface area contributed by atoms with E-state index in [4.69, 9.17) is 9.97 Å².